The molecule has 0 rings (SSSR count). The monoisotopic (exact) mass is 280 g/mol. The zero-order valence-electron chi connectivity index (χ0n) is 3.32. The first-order chi connectivity index (χ1) is 0. The maximum atomic E-state index is 0. The molecule has 22 valence electrons. The molecule has 0 aliphatic heterocycles. The summed E-state index contributed by atoms with van der Waals surface area (Å²) in [6, 6.07) is 0. The molecule has 0 aliphatic carbocycles. The summed E-state index contributed by atoms with van der Waals surface area (Å²) in [5.74, 6) is 0. The molecule has 4 heavy (non-hydrogen) atoms. The Morgan fingerprint density at radius 3 is 1.00 bits per heavy atom. The van der Waals surface area contributed by atoms with Gasteiger partial charge in [-0.25, -0.2) is 0 Å². The summed E-state index contributed by atoms with van der Waals surface area (Å²) in [6.07, 6.45) is 0. The molecule has 0 radical (unpaired) electrons. The van der Waals surface area contributed by atoms with Crippen molar-refractivity contribution >= 4 is 0 Å². The van der Waals surface area contributed by atoms with Gasteiger partial charge >= 0.3 is 18.9 Å². The van der Waals surface area contributed by atoms with Gasteiger partial charge in [-0.3, -0.25) is 9.41 Å². The molecular weight excluding hydrogens is 277 g/mol. The van der Waals surface area contributed by atoms with Gasteiger partial charge < -0.3 is 1.43 Å². The van der Waals surface area contributed by atoms with Crippen LogP contribution in [0.5, 0.6) is 0 Å². The molecular formula is H3F2LiTh. The van der Waals surface area contributed by atoms with Crippen molar-refractivity contribution in [3.63, 3.8) is 0 Å². The second-order valence-electron chi connectivity index (χ2n) is 0. The SMILES string of the molecule is F.F.[H-].[Li+].[Th]. The minimum atomic E-state index is 0. The van der Waals surface area contributed by atoms with E-state index in [0.29, 0.717) is 0 Å². The Bertz CT molecular complexity index is 9.61. The van der Waals surface area contributed by atoms with Crippen LogP contribution in [-0.2, 0) is 0 Å². The molecule has 0 nitrogen and oxygen atoms in total. The summed E-state index contributed by atoms with van der Waals surface area (Å²) in [5, 5.41) is 0. The van der Waals surface area contributed by atoms with Crippen LogP contribution in [0.3, 0.4) is 0 Å². The Labute approximate surface area is 68.8 Å². The van der Waals surface area contributed by atoms with Crippen molar-refractivity contribution in [3.8, 4) is 0 Å². The molecule has 0 N–H and O–H groups in total. The summed E-state index contributed by atoms with van der Waals surface area (Å²) in [4.78, 5) is 0. The van der Waals surface area contributed by atoms with Gasteiger partial charge in [0.25, 0.3) is 0 Å². The van der Waals surface area contributed by atoms with E-state index in [-0.39, 0.29) is 69.6 Å². The molecule has 0 atom stereocenters. The van der Waals surface area contributed by atoms with E-state index in [1.54, 1.807) is 0 Å². The summed E-state index contributed by atoms with van der Waals surface area (Å²) in [6.45, 7) is 0. The van der Waals surface area contributed by atoms with E-state index in [4.69, 9.17) is 0 Å². The van der Waals surface area contributed by atoms with Crippen LogP contribution in [-0.4, -0.2) is 0 Å². The third-order valence-corrected chi connectivity index (χ3v) is 0. The molecule has 0 amide bonds. The van der Waals surface area contributed by atoms with E-state index in [0.717, 1.165) is 0 Å². The number of hydrogen-bond donors (Lipinski definition) is 0. The van der Waals surface area contributed by atoms with Gasteiger partial charge in [-0.05, 0) is 0 Å². The van der Waals surface area contributed by atoms with Gasteiger partial charge in [0.2, 0.25) is 0 Å². The molecule has 0 aromatic carbocycles. The predicted octanol–water partition coefficient (Wildman–Crippen LogP) is -2.58. The first-order valence-electron chi connectivity index (χ1n) is 0. The van der Waals surface area contributed by atoms with Gasteiger partial charge in [0.15, 0.2) is 0 Å². The third-order valence-electron chi connectivity index (χ3n) is 0. The molecule has 0 unspecified atom stereocenters. The molecule has 0 bridgehead atoms. The van der Waals surface area contributed by atoms with Gasteiger partial charge in [-0.15, -0.1) is 0 Å². The summed E-state index contributed by atoms with van der Waals surface area (Å²) < 4.78 is 0. The van der Waals surface area contributed by atoms with Crippen molar-refractivity contribution < 1.29 is 69.6 Å². The van der Waals surface area contributed by atoms with Gasteiger partial charge in [-0.2, -0.15) is 0 Å². The van der Waals surface area contributed by atoms with Crippen LogP contribution >= 0.6 is 0 Å². The largest absolute Gasteiger partial charge is 1.00 e. The van der Waals surface area contributed by atoms with Crippen LogP contribution < -0.4 is 18.9 Å². The van der Waals surface area contributed by atoms with Crippen molar-refractivity contribution in [3.05, 3.63) is 0 Å². The second kappa shape index (κ2) is 21.5. The fourth-order valence-corrected chi connectivity index (χ4v) is 0. The van der Waals surface area contributed by atoms with Gasteiger partial charge in [0.1, 0.15) is 0 Å². The minimum Gasteiger partial charge on any atom is -1.00 e. The Balaban J connectivity index is 0. The molecule has 0 saturated heterocycles. The van der Waals surface area contributed by atoms with Crippen molar-refractivity contribution in [2.45, 2.75) is 0 Å². The van der Waals surface area contributed by atoms with Crippen molar-refractivity contribution in [2.24, 2.45) is 0 Å². The Morgan fingerprint density at radius 1 is 1.00 bits per heavy atom. The Hall–Kier alpha value is 1.78. The summed E-state index contributed by atoms with van der Waals surface area (Å²) in [7, 11) is 0. The zero-order valence-corrected chi connectivity index (χ0v) is 6.43. The van der Waals surface area contributed by atoms with Gasteiger partial charge in [0.05, 0.1) is 0 Å². The van der Waals surface area contributed by atoms with Crippen LogP contribution in [0.1, 0.15) is 1.43 Å². The maximum Gasteiger partial charge on any atom is 1.00 e. The van der Waals surface area contributed by atoms with E-state index >= 15 is 0 Å². The first kappa shape index (κ1) is 41.6. The van der Waals surface area contributed by atoms with Gasteiger partial charge in [0, 0.05) is 39.9 Å². The minimum absolute atomic E-state index is 0. The third kappa shape index (κ3) is 9.22. The van der Waals surface area contributed by atoms with Crippen LogP contribution in [0, 0.1) is 39.9 Å². The number of rotatable bonds is 0. The molecule has 0 spiro atoms. The normalized spacial score (nSPS) is 0. The van der Waals surface area contributed by atoms with E-state index in [1.165, 1.54) is 0 Å². The summed E-state index contributed by atoms with van der Waals surface area (Å²) in [5.41, 5.74) is 0. The zero-order chi connectivity index (χ0) is 0. The molecule has 0 saturated carbocycles. The van der Waals surface area contributed by atoms with E-state index in [9.17, 15) is 0 Å². The fraction of sp³-hybridized carbons (Fsp3) is 0. The van der Waals surface area contributed by atoms with Crippen LogP contribution in [0.2, 0.25) is 0 Å². The van der Waals surface area contributed by atoms with E-state index in [2.05, 4.69) is 0 Å². The predicted molar refractivity (Wildman–Crippen MR) is 6.12 cm³/mol. The Morgan fingerprint density at radius 2 is 1.00 bits per heavy atom. The molecule has 0 aliphatic rings. The van der Waals surface area contributed by atoms with Gasteiger partial charge in [-0.1, -0.05) is 0 Å². The molecule has 0 fully saturated rings. The molecule has 0 aromatic rings. The maximum absolute atomic E-state index is 0. The average Bonchev–Trinajstić information content (AvgIpc) is 0. The molecule has 4 heteroatoms. The number of hydrogen-bond acceptors (Lipinski definition) is 0. The standard InChI is InChI=1S/2FH.Li.Th.H/h2*1H;;;/q;;+1;;-1. The summed E-state index contributed by atoms with van der Waals surface area (Å²) >= 11 is 0. The van der Waals surface area contributed by atoms with Crippen LogP contribution in [0.4, 0.5) is 9.41 Å². The smallest absolute Gasteiger partial charge is 1.00 e. The van der Waals surface area contributed by atoms with Crippen LogP contribution in [0.25, 0.3) is 0 Å². The molecule has 0 aromatic heterocycles. The molecule has 0 heterocycles. The second-order valence-corrected chi connectivity index (χ2v) is 0. The van der Waals surface area contributed by atoms with Crippen LogP contribution in [0.15, 0.2) is 0 Å². The quantitative estimate of drug-likeness (QED) is 0.428. The average molecular weight is 280 g/mol. The van der Waals surface area contributed by atoms with E-state index in [1.807, 2.05) is 0 Å². The first-order valence-corrected chi connectivity index (χ1v) is 0. The van der Waals surface area contributed by atoms with Crippen molar-refractivity contribution in [2.75, 3.05) is 0 Å². The van der Waals surface area contributed by atoms with Crippen molar-refractivity contribution in [1.82, 2.24) is 0 Å². The number of halogens is 2. The van der Waals surface area contributed by atoms with Crippen molar-refractivity contribution in [1.29, 1.82) is 0 Å². The fourth-order valence-electron chi connectivity index (χ4n) is 0. The Kier molecular flexibility index (Phi) is 224. The topological polar surface area (TPSA) is 0 Å². The van der Waals surface area contributed by atoms with E-state index < -0.39 is 0 Å².